The highest BCUT2D eigenvalue weighted by atomic mass is 16.5. The van der Waals surface area contributed by atoms with Gasteiger partial charge in [0.15, 0.2) is 0 Å². The summed E-state index contributed by atoms with van der Waals surface area (Å²) in [6.45, 7) is 1.58. The molecule has 78 valence electrons. The van der Waals surface area contributed by atoms with Crippen molar-refractivity contribution in [3.8, 4) is 0 Å². The number of aliphatic carboxylic acids is 1. The van der Waals surface area contributed by atoms with Crippen molar-refractivity contribution in [2.45, 2.75) is 18.9 Å². The molecule has 2 unspecified atom stereocenters. The molecule has 0 aromatic heterocycles. The average Bonchev–Trinajstić information content (AvgIpc) is 2.71. The van der Waals surface area contributed by atoms with Gasteiger partial charge in [-0.3, -0.25) is 9.59 Å². The lowest BCUT2D eigenvalue weighted by atomic mass is 10.1. The third kappa shape index (κ3) is 1.59. The summed E-state index contributed by atoms with van der Waals surface area (Å²) < 4.78 is 5.17. The van der Waals surface area contributed by atoms with Crippen molar-refractivity contribution >= 4 is 11.9 Å². The Kier molecular flexibility index (Phi) is 2.41. The summed E-state index contributed by atoms with van der Waals surface area (Å²) in [5.74, 6) is -1.45. The lowest BCUT2D eigenvalue weighted by Gasteiger charge is -2.22. The van der Waals surface area contributed by atoms with Crippen molar-refractivity contribution in [1.29, 1.82) is 0 Å². The second-order valence-electron chi connectivity index (χ2n) is 3.80. The number of likely N-dealkylation sites (tertiary alicyclic amines) is 1. The number of nitrogens with zero attached hydrogens (tertiary/aromatic N) is 1. The van der Waals surface area contributed by atoms with Gasteiger partial charge < -0.3 is 14.7 Å². The first-order valence-electron chi connectivity index (χ1n) is 4.78. The molecular weight excluding hydrogens is 186 g/mol. The molecule has 2 aliphatic rings. The minimum absolute atomic E-state index is 0.0482. The number of carboxylic acid groups (broad SMARTS) is 1. The number of hydrogen-bond acceptors (Lipinski definition) is 3. The van der Waals surface area contributed by atoms with Gasteiger partial charge in [-0.1, -0.05) is 0 Å². The van der Waals surface area contributed by atoms with Crippen molar-refractivity contribution < 1.29 is 19.4 Å². The minimum Gasteiger partial charge on any atom is -0.481 e. The molecule has 2 saturated heterocycles. The van der Waals surface area contributed by atoms with Crippen LogP contribution < -0.4 is 0 Å². The predicted molar refractivity (Wildman–Crippen MR) is 46.7 cm³/mol. The lowest BCUT2D eigenvalue weighted by molar-refractivity contribution is -0.141. The van der Waals surface area contributed by atoms with Gasteiger partial charge in [0, 0.05) is 19.6 Å². The van der Waals surface area contributed by atoms with Gasteiger partial charge in [-0.2, -0.15) is 0 Å². The fraction of sp³-hybridized carbons (Fsp3) is 0.778. The number of carboxylic acids is 1. The van der Waals surface area contributed by atoms with Crippen LogP contribution in [0.25, 0.3) is 0 Å². The third-order valence-corrected chi connectivity index (χ3v) is 2.85. The number of ether oxygens (including phenoxy) is 1. The monoisotopic (exact) mass is 199 g/mol. The Morgan fingerprint density at radius 3 is 2.86 bits per heavy atom. The quantitative estimate of drug-likeness (QED) is 0.663. The maximum Gasteiger partial charge on any atom is 0.308 e. The smallest absolute Gasteiger partial charge is 0.308 e. The molecule has 2 atom stereocenters. The third-order valence-electron chi connectivity index (χ3n) is 2.85. The number of rotatable bonds is 2. The Labute approximate surface area is 81.6 Å². The van der Waals surface area contributed by atoms with Crippen molar-refractivity contribution in [1.82, 2.24) is 4.90 Å². The van der Waals surface area contributed by atoms with E-state index in [0.717, 1.165) is 6.42 Å². The largest absolute Gasteiger partial charge is 0.481 e. The first-order chi connectivity index (χ1) is 6.68. The van der Waals surface area contributed by atoms with Crippen LogP contribution in [0.1, 0.15) is 12.8 Å². The van der Waals surface area contributed by atoms with Gasteiger partial charge in [0.1, 0.15) is 0 Å². The molecule has 0 spiro atoms. The Morgan fingerprint density at radius 1 is 1.57 bits per heavy atom. The minimum atomic E-state index is -0.875. The molecule has 5 heteroatoms. The number of hydrogen-bond donors (Lipinski definition) is 1. The van der Waals surface area contributed by atoms with Gasteiger partial charge in [0.2, 0.25) is 5.91 Å². The molecule has 2 aliphatic heterocycles. The maximum absolute atomic E-state index is 11.5. The Morgan fingerprint density at radius 2 is 2.36 bits per heavy atom. The highest BCUT2D eigenvalue weighted by Gasteiger charge is 2.38. The lowest BCUT2D eigenvalue weighted by Crippen LogP contribution is -2.37. The molecule has 0 radical (unpaired) electrons. The van der Waals surface area contributed by atoms with Crippen molar-refractivity contribution in [3.63, 3.8) is 0 Å². The van der Waals surface area contributed by atoms with Gasteiger partial charge >= 0.3 is 5.97 Å². The topological polar surface area (TPSA) is 66.8 Å². The first-order valence-corrected chi connectivity index (χ1v) is 4.78. The van der Waals surface area contributed by atoms with Gasteiger partial charge in [-0.05, 0) is 6.42 Å². The molecule has 0 aromatic carbocycles. The molecule has 14 heavy (non-hydrogen) atoms. The highest BCUT2D eigenvalue weighted by molar-refractivity contribution is 5.86. The summed E-state index contributed by atoms with van der Waals surface area (Å²) in [5.41, 5.74) is 0. The zero-order valence-corrected chi connectivity index (χ0v) is 7.81. The summed E-state index contributed by atoms with van der Waals surface area (Å²) in [6, 6.07) is 0.104. The van der Waals surface area contributed by atoms with Gasteiger partial charge in [-0.15, -0.1) is 0 Å². The van der Waals surface area contributed by atoms with E-state index in [4.69, 9.17) is 9.84 Å². The van der Waals surface area contributed by atoms with E-state index in [1.807, 2.05) is 0 Å². The molecule has 0 saturated carbocycles. The molecule has 0 aliphatic carbocycles. The fourth-order valence-corrected chi connectivity index (χ4v) is 2.02. The van der Waals surface area contributed by atoms with Crippen molar-refractivity contribution in [2.24, 2.45) is 5.92 Å². The normalized spacial score (nSPS) is 32.6. The van der Waals surface area contributed by atoms with Crippen LogP contribution in [0.2, 0.25) is 0 Å². The van der Waals surface area contributed by atoms with Crippen LogP contribution in [0.3, 0.4) is 0 Å². The first kappa shape index (κ1) is 9.45. The fourth-order valence-electron chi connectivity index (χ4n) is 2.02. The molecular formula is C9H13NO4. The molecule has 2 fully saturated rings. The molecule has 2 rings (SSSR count). The van der Waals surface area contributed by atoms with Crippen LogP contribution in [0.15, 0.2) is 0 Å². The van der Waals surface area contributed by atoms with E-state index in [2.05, 4.69) is 0 Å². The summed E-state index contributed by atoms with van der Waals surface area (Å²) >= 11 is 0. The van der Waals surface area contributed by atoms with Crippen LogP contribution in [-0.4, -0.2) is 47.7 Å². The number of amides is 1. The van der Waals surface area contributed by atoms with E-state index in [1.165, 1.54) is 0 Å². The van der Waals surface area contributed by atoms with Gasteiger partial charge in [0.05, 0.1) is 18.6 Å². The van der Waals surface area contributed by atoms with Crippen LogP contribution in [0, 0.1) is 5.92 Å². The summed E-state index contributed by atoms with van der Waals surface area (Å²) in [7, 11) is 0. The average molecular weight is 199 g/mol. The van der Waals surface area contributed by atoms with E-state index in [0.29, 0.717) is 19.8 Å². The van der Waals surface area contributed by atoms with Crippen molar-refractivity contribution in [3.05, 3.63) is 0 Å². The molecule has 5 nitrogen and oxygen atoms in total. The van der Waals surface area contributed by atoms with E-state index < -0.39 is 11.9 Å². The van der Waals surface area contributed by atoms with E-state index >= 15 is 0 Å². The number of carbonyl (C=O) groups is 2. The summed E-state index contributed by atoms with van der Waals surface area (Å²) in [6.07, 6.45) is 0.976. The SMILES string of the molecule is O=C(O)C1CC(=O)N(C2CCOC2)C1. The van der Waals surface area contributed by atoms with Crippen molar-refractivity contribution in [2.75, 3.05) is 19.8 Å². The van der Waals surface area contributed by atoms with Crippen LogP contribution >= 0.6 is 0 Å². The predicted octanol–water partition coefficient (Wildman–Crippen LogP) is -0.292. The second-order valence-corrected chi connectivity index (χ2v) is 3.80. The standard InChI is InChI=1S/C9H13NO4/c11-8-3-6(9(12)13)4-10(8)7-1-2-14-5-7/h6-7H,1-5H2,(H,12,13). The van der Waals surface area contributed by atoms with E-state index in [-0.39, 0.29) is 18.4 Å². The molecule has 2 heterocycles. The molecule has 1 amide bonds. The van der Waals surface area contributed by atoms with Gasteiger partial charge in [0.25, 0.3) is 0 Å². The van der Waals surface area contributed by atoms with Crippen LogP contribution in [0.4, 0.5) is 0 Å². The Bertz CT molecular complexity index is 260. The number of carbonyl (C=O) groups excluding carboxylic acids is 1. The molecule has 1 N–H and O–H groups in total. The molecule has 0 aromatic rings. The summed E-state index contributed by atoms with van der Waals surface area (Å²) in [5, 5.41) is 8.78. The Hall–Kier alpha value is -1.10. The van der Waals surface area contributed by atoms with Crippen LogP contribution in [0.5, 0.6) is 0 Å². The zero-order valence-electron chi connectivity index (χ0n) is 7.81. The maximum atomic E-state index is 11.5. The second kappa shape index (κ2) is 3.57. The zero-order chi connectivity index (χ0) is 10.1. The van der Waals surface area contributed by atoms with Crippen LogP contribution in [-0.2, 0) is 14.3 Å². The van der Waals surface area contributed by atoms with E-state index in [9.17, 15) is 9.59 Å². The summed E-state index contributed by atoms with van der Waals surface area (Å²) in [4.78, 5) is 23.8. The Balaban J connectivity index is 2.00. The van der Waals surface area contributed by atoms with Gasteiger partial charge in [-0.25, -0.2) is 0 Å². The molecule has 0 bridgehead atoms. The van der Waals surface area contributed by atoms with E-state index in [1.54, 1.807) is 4.90 Å². The highest BCUT2D eigenvalue weighted by Crippen LogP contribution is 2.23.